The molecule has 0 spiro atoms. The molecular weight excluding hydrogens is 1180 g/mol. The molecule has 0 unspecified atom stereocenters. The normalized spacial score (nSPS) is 51.8. The van der Waals surface area contributed by atoms with Gasteiger partial charge in [0, 0.05) is 10.8 Å². The van der Waals surface area contributed by atoms with Crippen LogP contribution in [0.4, 0.5) is 0 Å². The first kappa shape index (κ1) is 71.9. The van der Waals surface area contributed by atoms with Gasteiger partial charge in [-0.3, -0.25) is 0 Å². The van der Waals surface area contributed by atoms with Gasteiger partial charge in [-0.15, -0.1) is 0 Å². The molecule has 29 nitrogen and oxygen atoms in total. The highest BCUT2D eigenvalue weighted by atomic mass is 16.8. The van der Waals surface area contributed by atoms with E-state index in [2.05, 4.69) is 33.8 Å². The molecule has 0 aromatic heterocycles. The number of aliphatic hydroxyl groups is 19. The van der Waals surface area contributed by atoms with Crippen LogP contribution in [-0.2, 0) is 47.4 Å². The Hall–Kier alpha value is -1.42. The monoisotopic (exact) mass is 1290 g/mol. The minimum absolute atomic E-state index is 0.0310. The first-order valence-electron chi connectivity index (χ1n) is 31.6. The molecule has 516 valence electrons. The summed E-state index contributed by atoms with van der Waals surface area (Å²) in [5.74, 6) is -0.0172. The van der Waals surface area contributed by atoms with Crippen molar-refractivity contribution in [3.05, 3.63) is 11.6 Å². The van der Waals surface area contributed by atoms with Crippen molar-refractivity contribution >= 4 is 0 Å². The number of rotatable bonds is 20. The Bertz CT molecular complexity index is 2340. The summed E-state index contributed by atoms with van der Waals surface area (Å²) in [6.45, 7) is 12.6. The van der Waals surface area contributed by atoms with Crippen LogP contribution in [0.1, 0.15) is 107 Å². The second-order valence-corrected chi connectivity index (χ2v) is 28.7. The highest BCUT2D eigenvalue weighted by Crippen LogP contribution is 2.75. The summed E-state index contributed by atoms with van der Waals surface area (Å²) in [4.78, 5) is 0. The molecule has 9 rings (SSSR count). The fourth-order valence-electron chi connectivity index (χ4n) is 17.0. The lowest BCUT2D eigenvalue weighted by molar-refractivity contribution is -0.380. The lowest BCUT2D eigenvalue weighted by Crippen LogP contribution is -2.65. The van der Waals surface area contributed by atoms with Crippen molar-refractivity contribution in [1.29, 1.82) is 0 Å². The number of hydrogen-bond donors (Lipinski definition) is 19. The highest BCUT2D eigenvalue weighted by Gasteiger charge is 2.70. The zero-order valence-electron chi connectivity index (χ0n) is 51.8. The van der Waals surface area contributed by atoms with Gasteiger partial charge in [0.2, 0.25) is 0 Å². The third-order valence-electron chi connectivity index (χ3n) is 22.9. The second kappa shape index (κ2) is 27.6. The number of fused-ring (bicyclic) bond motifs is 5. The Morgan fingerprint density at radius 2 is 0.955 bits per heavy atom. The number of aliphatic hydroxyl groups excluding tert-OH is 18. The standard InChI is InChI=1S/C60H102O29/c1-23(9-13-35(57(4,5)79)88-55-50(89-54-49(78)43(72)38(67)29(20-63)84-54)45(74)40(69)31(86-55)22-81-52-47(76)42(71)37(66)28(19-62)83-52)24-15-16-58(6)32-12-10-25-26(60(32,8)33(64)17-59(24,58)7)11-14-34(56(25,2)3)87-53-48(77)44(73)39(68)30(85-53)21-80-51-46(75)41(70)36(65)27(18-61)82-51/h10,23-24,26-55,61-79H,9,11-22H2,1-8H3/t23-,24-,26-,27-,28-,29+,30+,31-,32+,33-,34+,35-,36-,37-,38+,39-,40-,41+,42+,43-,44+,45+,46-,47-,48-,49+,50-,51-,52-,53+,54-,55+,58+,59-,60+/m1/s1. The van der Waals surface area contributed by atoms with Gasteiger partial charge in [0.1, 0.15) is 122 Å². The molecule has 19 N–H and O–H groups in total. The van der Waals surface area contributed by atoms with E-state index in [1.165, 1.54) is 13.8 Å². The summed E-state index contributed by atoms with van der Waals surface area (Å²) in [5.41, 5.74) is -2.49. The zero-order chi connectivity index (χ0) is 65.5. The van der Waals surface area contributed by atoms with Gasteiger partial charge in [-0.2, -0.15) is 0 Å². The van der Waals surface area contributed by atoms with E-state index in [-0.39, 0.29) is 35.5 Å². The van der Waals surface area contributed by atoms with Crippen molar-refractivity contribution in [3.8, 4) is 0 Å². The minimum atomic E-state index is -1.96. The minimum Gasteiger partial charge on any atom is -0.394 e. The van der Waals surface area contributed by atoms with Crippen molar-refractivity contribution in [3.63, 3.8) is 0 Å². The molecule has 4 aliphatic carbocycles. The Labute approximate surface area is 517 Å². The lowest BCUT2D eigenvalue weighted by atomic mass is 9.38. The number of allylic oxidation sites excluding steroid dienone is 1. The topological polar surface area (TPSA) is 477 Å². The third-order valence-corrected chi connectivity index (χ3v) is 22.9. The summed E-state index contributed by atoms with van der Waals surface area (Å²) in [7, 11) is 0. The van der Waals surface area contributed by atoms with Crippen LogP contribution in [0.15, 0.2) is 11.6 Å². The average molecular weight is 1290 g/mol. The van der Waals surface area contributed by atoms with Crippen molar-refractivity contribution in [1.82, 2.24) is 0 Å². The molecule has 35 atom stereocenters. The van der Waals surface area contributed by atoms with Gasteiger partial charge >= 0.3 is 0 Å². The van der Waals surface area contributed by atoms with E-state index in [1.54, 1.807) is 0 Å². The van der Waals surface area contributed by atoms with Gasteiger partial charge in [-0.1, -0.05) is 53.2 Å². The first-order chi connectivity index (χ1) is 41.6. The molecular formula is C60H102O29. The van der Waals surface area contributed by atoms with Crippen LogP contribution in [0.2, 0.25) is 0 Å². The van der Waals surface area contributed by atoms with E-state index >= 15 is 0 Å². The summed E-state index contributed by atoms with van der Waals surface area (Å²) < 4.78 is 59.3. The molecule has 0 amide bonds. The van der Waals surface area contributed by atoms with Crippen molar-refractivity contribution in [2.75, 3.05) is 33.0 Å². The van der Waals surface area contributed by atoms with Gasteiger partial charge in [0.15, 0.2) is 31.5 Å². The van der Waals surface area contributed by atoms with Gasteiger partial charge in [-0.25, -0.2) is 0 Å². The summed E-state index contributed by atoms with van der Waals surface area (Å²) in [5, 5.41) is 205. The quantitative estimate of drug-likeness (QED) is 0.0506. The molecule has 0 aromatic rings. The van der Waals surface area contributed by atoms with Crippen LogP contribution in [-0.4, -0.2) is 308 Å². The smallest absolute Gasteiger partial charge is 0.187 e. The molecule has 5 heterocycles. The maximum absolute atomic E-state index is 12.8. The van der Waals surface area contributed by atoms with Crippen LogP contribution in [0.5, 0.6) is 0 Å². The Balaban J connectivity index is 0.883. The summed E-state index contributed by atoms with van der Waals surface area (Å²) >= 11 is 0. The van der Waals surface area contributed by atoms with Crippen LogP contribution in [0, 0.1) is 45.3 Å². The van der Waals surface area contributed by atoms with Crippen LogP contribution in [0.25, 0.3) is 0 Å². The second-order valence-electron chi connectivity index (χ2n) is 28.7. The highest BCUT2D eigenvalue weighted by molar-refractivity contribution is 5.32. The summed E-state index contributed by atoms with van der Waals surface area (Å²) in [6, 6.07) is 0. The van der Waals surface area contributed by atoms with Crippen LogP contribution in [0.3, 0.4) is 0 Å². The van der Waals surface area contributed by atoms with E-state index in [4.69, 9.17) is 47.4 Å². The third kappa shape index (κ3) is 13.1. The van der Waals surface area contributed by atoms with Crippen molar-refractivity contribution < 1.29 is 144 Å². The molecule has 8 fully saturated rings. The molecule has 3 saturated carbocycles. The van der Waals surface area contributed by atoms with Gasteiger partial charge in [0.05, 0.1) is 56.9 Å². The average Bonchev–Trinajstić information content (AvgIpc) is 1.66. The summed E-state index contributed by atoms with van der Waals surface area (Å²) in [6.07, 6.45) is -37.4. The molecule has 9 aliphatic rings. The molecule has 0 radical (unpaired) electrons. The van der Waals surface area contributed by atoms with Crippen LogP contribution >= 0.6 is 0 Å². The molecule has 0 bridgehead atoms. The largest absolute Gasteiger partial charge is 0.394 e. The molecule has 5 aliphatic heterocycles. The Morgan fingerprint density at radius 3 is 1.45 bits per heavy atom. The fourth-order valence-corrected chi connectivity index (χ4v) is 17.0. The fraction of sp³-hybridized carbons (Fsp3) is 0.967. The van der Waals surface area contributed by atoms with E-state index < -0.39 is 227 Å². The molecule has 89 heavy (non-hydrogen) atoms. The predicted octanol–water partition coefficient (Wildman–Crippen LogP) is -5.41. The van der Waals surface area contributed by atoms with Crippen LogP contribution < -0.4 is 0 Å². The van der Waals surface area contributed by atoms with E-state index in [1.807, 2.05) is 13.8 Å². The Kier molecular flexibility index (Phi) is 22.3. The molecule has 0 aromatic carbocycles. The lowest BCUT2D eigenvalue weighted by Gasteiger charge is -2.67. The predicted molar refractivity (Wildman–Crippen MR) is 300 cm³/mol. The van der Waals surface area contributed by atoms with Gasteiger partial charge in [-0.05, 0) is 99.7 Å². The maximum Gasteiger partial charge on any atom is 0.187 e. The molecule has 29 heteroatoms. The van der Waals surface area contributed by atoms with E-state index in [0.29, 0.717) is 32.1 Å². The first-order valence-corrected chi connectivity index (χ1v) is 31.6. The SMILES string of the molecule is C[C@H](CC[C@@H](O[C@@H]1O[C@H](CO[C@@H]2O[C@H](CO)[C@@H](O)[C@H](O)[C@H]2O)[C@@H](O)[C@H](O)[C@H]1O[C@H]1O[C@@H](CO)[C@H](O)[C@@H](O)[C@@H]1O)C(C)(C)O)[C@H]1CC[C@@]2(C)[C@@H]3CC=C4[C@@H](CC[C@H](O[C@@H]5O[C@@H](CO[C@@H]6O[C@H](CO)[C@@H](O)[C@H](O)[C@H]6O)[C@@H](O)[C@H](O)[C@H]5O)C4(C)C)[C@]3(C)[C@H](O)C[C@]12C. The van der Waals surface area contributed by atoms with Crippen molar-refractivity contribution in [2.24, 2.45) is 45.3 Å². The van der Waals surface area contributed by atoms with Gasteiger partial charge in [0.25, 0.3) is 0 Å². The van der Waals surface area contributed by atoms with Crippen molar-refractivity contribution in [2.45, 2.75) is 284 Å². The Morgan fingerprint density at radius 1 is 0.517 bits per heavy atom. The number of hydrogen-bond acceptors (Lipinski definition) is 29. The number of ether oxygens (including phenoxy) is 10. The maximum atomic E-state index is 12.8. The zero-order valence-corrected chi connectivity index (χ0v) is 51.8. The van der Waals surface area contributed by atoms with E-state index in [9.17, 15) is 97.0 Å². The van der Waals surface area contributed by atoms with Gasteiger partial charge < -0.3 is 144 Å². The van der Waals surface area contributed by atoms with E-state index in [0.717, 1.165) is 18.4 Å². The molecule has 5 saturated heterocycles.